The Hall–Kier alpha value is -1.07. The molecule has 0 radical (unpaired) electrons. The van der Waals surface area contributed by atoms with E-state index in [1.165, 1.54) is 7.11 Å². The van der Waals surface area contributed by atoms with Crippen LogP contribution in [0, 0.1) is 0 Å². The third-order valence-corrected chi connectivity index (χ3v) is 5.05. The summed E-state index contributed by atoms with van der Waals surface area (Å²) in [6.45, 7) is 0.915. The third-order valence-electron chi connectivity index (χ3n) is 3.23. The van der Waals surface area contributed by atoms with Crippen molar-refractivity contribution in [2.75, 3.05) is 19.4 Å². The molecule has 0 saturated carbocycles. The van der Waals surface area contributed by atoms with Crippen LogP contribution in [-0.4, -0.2) is 33.9 Å². The van der Waals surface area contributed by atoms with Crippen LogP contribution in [0.3, 0.4) is 0 Å². The molecule has 1 fully saturated rings. The van der Waals surface area contributed by atoms with Gasteiger partial charge in [-0.1, -0.05) is 12.5 Å². The van der Waals surface area contributed by atoms with Gasteiger partial charge in [-0.05, 0) is 37.6 Å². The highest BCUT2D eigenvalue weighted by atomic mass is 32.2. The average Bonchev–Trinajstić information content (AvgIpc) is 2.39. The molecule has 1 saturated heterocycles. The summed E-state index contributed by atoms with van der Waals surface area (Å²) in [4.78, 5) is 0.342. The zero-order valence-electron chi connectivity index (χ0n) is 10.6. The van der Waals surface area contributed by atoms with E-state index in [2.05, 4.69) is 5.32 Å². The molecular weight excluding hydrogens is 250 g/mol. The summed E-state index contributed by atoms with van der Waals surface area (Å²) < 4.78 is 29.6. The lowest BCUT2D eigenvalue weighted by molar-refractivity contribution is 0.413. The SMILES string of the molecule is COc1cccc(S(=O)(=O)CC2CCCCN2)c1. The van der Waals surface area contributed by atoms with Crippen LogP contribution in [0.25, 0.3) is 0 Å². The van der Waals surface area contributed by atoms with Crippen LogP contribution in [0.4, 0.5) is 0 Å². The van der Waals surface area contributed by atoms with Gasteiger partial charge in [0.15, 0.2) is 9.84 Å². The van der Waals surface area contributed by atoms with E-state index in [4.69, 9.17) is 4.74 Å². The van der Waals surface area contributed by atoms with Crippen molar-refractivity contribution in [2.45, 2.75) is 30.2 Å². The number of nitrogens with one attached hydrogen (secondary N) is 1. The van der Waals surface area contributed by atoms with Gasteiger partial charge >= 0.3 is 0 Å². The van der Waals surface area contributed by atoms with Crippen LogP contribution in [0.15, 0.2) is 29.2 Å². The molecule has 2 rings (SSSR count). The van der Waals surface area contributed by atoms with Crippen molar-refractivity contribution < 1.29 is 13.2 Å². The largest absolute Gasteiger partial charge is 0.497 e. The van der Waals surface area contributed by atoms with Gasteiger partial charge in [0, 0.05) is 6.04 Å². The maximum Gasteiger partial charge on any atom is 0.180 e. The Labute approximate surface area is 108 Å². The molecular formula is C13H19NO3S. The highest BCUT2D eigenvalue weighted by Crippen LogP contribution is 2.20. The standard InChI is InChI=1S/C13H19NO3S/c1-17-12-6-4-7-13(9-12)18(15,16)10-11-5-2-3-8-14-11/h4,6-7,9,11,14H,2-3,5,8,10H2,1H3. The Morgan fingerprint density at radius 2 is 2.22 bits per heavy atom. The van der Waals surface area contributed by atoms with Crippen molar-refractivity contribution in [3.8, 4) is 5.75 Å². The van der Waals surface area contributed by atoms with Crippen molar-refractivity contribution in [1.82, 2.24) is 5.32 Å². The smallest absolute Gasteiger partial charge is 0.180 e. The van der Waals surface area contributed by atoms with E-state index in [9.17, 15) is 8.42 Å². The highest BCUT2D eigenvalue weighted by molar-refractivity contribution is 7.91. The van der Waals surface area contributed by atoms with Crippen LogP contribution in [-0.2, 0) is 9.84 Å². The van der Waals surface area contributed by atoms with Crippen molar-refractivity contribution >= 4 is 9.84 Å². The van der Waals surface area contributed by atoms with Crippen molar-refractivity contribution in [3.05, 3.63) is 24.3 Å². The fourth-order valence-electron chi connectivity index (χ4n) is 2.22. The molecule has 100 valence electrons. The number of ether oxygens (including phenoxy) is 1. The maximum absolute atomic E-state index is 12.3. The van der Waals surface area contributed by atoms with Gasteiger partial charge in [0.25, 0.3) is 0 Å². The molecule has 0 bridgehead atoms. The molecule has 18 heavy (non-hydrogen) atoms. The fourth-order valence-corrected chi connectivity index (χ4v) is 3.81. The van der Waals surface area contributed by atoms with Gasteiger partial charge < -0.3 is 10.1 Å². The van der Waals surface area contributed by atoms with Crippen LogP contribution in [0.2, 0.25) is 0 Å². The van der Waals surface area contributed by atoms with Crippen LogP contribution in [0.5, 0.6) is 5.75 Å². The van der Waals surface area contributed by atoms with Gasteiger partial charge in [0.1, 0.15) is 5.75 Å². The number of sulfone groups is 1. The monoisotopic (exact) mass is 269 g/mol. The minimum atomic E-state index is -3.24. The number of hydrogen-bond donors (Lipinski definition) is 1. The molecule has 1 heterocycles. The van der Waals surface area contributed by atoms with E-state index >= 15 is 0 Å². The van der Waals surface area contributed by atoms with Gasteiger partial charge in [-0.15, -0.1) is 0 Å². The molecule has 0 aliphatic carbocycles. The number of methoxy groups -OCH3 is 1. The lowest BCUT2D eigenvalue weighted by atomic mass is 10.1. The van der Waals surface area contributed by atoms with E-state index in [0.717, 1.165) is 25.8 Å². The fraction of sp³-hybridized carbons (Fsp3) is 0.538. The number of hydrogen-bond acceptors (Lipinski definition) is 4. The van der Waals surface area contributed by atoms with Gasteiger partial charge in [-0.2, -0.15) is 0 Å². The van der Waals surface area contributed by atoms with E-state index < -0.39 is 9.84 Å². The summed E-state index contributed by atoms with van der Waals surface area (Å²) in [5.41, 5.74) is 0. The third kappa shape index (κ3) is 3.23. The summed E-state index contributed by atoms with van der Waals surface area (Å²) in [5.74, 6) is 0.743. The lowest BCUT2D eigenvalue weighted by Crippen LogP contribution is -2.39. The first-order valence-corrected chi connectivity index (χ1v) is 7.87. The molecule has 1 aliphatic heterocycles. The molecule has 1 unspecified atom stereocenters. The number of piperidine rings is 1. The second-order valence-corrected chi connectivity index (χ2v) is 6.64. The molecule has 5 heteroatoms. The molecule has 1 aliphatic rings. The summed E-state index contributed by atoms with van der Waals surface area (Å²) in [6, 6.07) is 6.74. The van der Waals surface area contributed by atoms with Crippen molar-refractivity contribution in [3.63, 3.8) is 0 Å². The predicted molar refractivity (Wildman–Crippen MR) is 70.7 cm³/mol. The molecule has 0 aromatic heterocycles. The van der Waals surface area contributed by atoms with Crippen molar-refractivity contribution in [1.29, 1.82) is 0 Å². The Morgan fingerprint density at radius 3 is 2.89 bits per heavy atom. The Bertz CT molecular complexity index is 493. The molecule has 1 N–H and O–H groups in total. The first-order chi connectivity index (χ1) is 8.62. The molecule has 4 nitrogen and oxygen atoms in total. The van der Waals surface area contributed by atoms with E-state index in [0.29, 0.717) is 10.6 Å². The Kier molecular flexibility index (Phi) is 4.24. The van der Waals surface area contributed by atoms with E-state index in [1.54, 1.807) is 24.3 Å². The van der Waals surface area contributed by atoms with Gasteiger partial charge in [0.05, 0.1) is 17.8 Å². The Balaban J connectivity index is 2.13. The van der Waals surface area contributed by atoms with E-state index in [-0.39, 0.29) is 11.8 Å². The summed E-state index contributed by atoms with van der Waals surface area (Å²) in [5, 5.41) is 3.26. The Morgan fingerprint density at radius 1 is 1.39 bits per heavy atom. The van der Waals surface area contributed by atoms with Gasteiger partial charge in [0.2, 0.25) is 0 Å². The average molecular weight is 269 g/mol. The zero-order valence-corrected chi connectivity index (χ0v) is 11.4. The first kappa shape index (κ1) is 13.4. The normalized spacial score (nSPS) is 20.6. The molecule has 0 amide bonds. The van der Waals surface area contributed by atoms with Crippen LogP contribution < -0.4 is 10.1 Å². The first-order valence-electron chi connectivity index (χ1n) is 6.22. The molecule has 1 aromatic rings. The van der Waals surface area contributed by atoms with Crippen LogP contribution >= 0.6 is 0 Å². The summed E-state index contributed by atoms with van der Waals surface area (Å²) >= 11 is 0. The lowest BCUT2D eigenvalue weighted by Gasteiger charge is -2.23. The second kappa shape index (κ2) is 5.71. The minimum Gasteiger partial charge on any atom is -0.497 e. The molecule has 1 atom stereocenters. The molecule has 0 spiro atoms. The number of rotatable bonds is 4. The summed E-state index contributed by atoms with van der Waals surface area (Å²) in [6.07, 6.45) is 3.17. The molecule has 1 aromatic carbocycles. The maximum atomic E-state index is 12.3. The minimum absolute atomic E-state index is 0.0787. The second-order valence-electron chi connectivity index (χ2n) is 4.61. The predicted octanol–water partition coefficient (Wildman–Crippen LogP) is 1.61. The number of benzene rings is 1. The highest BCUT2D eigenvalue weighted by Gasteiger charge is 2.22. The topological polar surface area (TPSA) is 55.4 Å². The zero-order chi connectivity index (χ0) is 13.0. The van der Waals surface area contributed by atoms with Gasteiger partial charge in [-0.3, -0.25) is 0 Å². The van der Waals surface area contributed by atoms with E-state index in [1.807, 2.05) is 0 Å². The van der Waals surface area contributed by atoms with Crippen molar-refractivity contribution in [2.24, 2.45) is 0 Å². The summed E-state index contributed by atoms with van der Waals surface area (Å²) in [7, 11) is -1.70. The van der Waals surface area contributed by atoms with Gasteiger partial charge in [-0.25, -0.2) is 8.42 Å². The quantitative estimate of drug-likeness (QED) is 0.902. The van der Waals surface area contributed by atoms with Crippen LogP contribution in [0.1, 0.15) is 19.3 Å².